The minimum atomic E-state index is -0.654. The molecular weight excluding hydrogens is 236 g/mol. The first-order valence-electron chi connectivity index (χ1n) is 6.11. The van der Waals surface area contributed by atoms with Crippen LogP contribution in [-0.4, -0.2) is 27.4 Å². The second-order valence-corrected chi connectivity index (χ2v) is 5.29. The SMILES string of the molecule is Cc1cn([C@]23CC2[C@H](C)[C@@H](CO)O3)c(=O)[nH]c1=O. The van der Waals surface area contributed by atoms with E-state index in [1.54, 1.807) is 13.1 Å². The number of aromatic nitrogens is 2. The molecule has 1 aliphatic heterocycles. The van der Waals surface area contributed by atoms with Crippen LogP contribution in [0.25, 0.3) is 0 Å². The summed E-state index contributed by atoms with van der Waals surface area (Å²) in [5.41, 5.74) is -0.981. The molecule has 2 aliphatic rings. The van der Waals surface area contributed by atoms with E-state index >= 15 is 0 Å². The Bertz CT molecular complexity index is 605. The van der Waals surface area contributed by atoms with E-state index in [-0.39, 0.29) is 30.1 Å². The highest BCUT2D eigenvalue weighted by atomic mass is 16.6. The fourth-order valence-corrected chi connectivity index (χ4v) is 3.00. The second kappa shape index (κ2) is 3.55. The Morgan fingerprint density at radius 3 is 2.94 bits per heavy atom. The average molecular weight is 252 g/mol. The number of fused-ring (bicyclic) bond motifs is 1. The number of aliphatic hydroxyl groups is 1. The van der Waals surface area contributed by atoms with Gasteiger partial charge in [0.05, 0.1) is 12.7 Å². The lowest BCUT2D eigenvalue weighted by Gasteiger charge is -2.20. The molecule has 0 radical (unpaired) electrons. The van der Waals surface area contributed by atoms with Gasteiger partial charge in [-0.05, 0) is 12.8 Å². The van der Waals surface area contributed by atoms with Crippen LogP contribution < -0.4 is 11.2 Å². The lowest BCUT2D eigenvalue weighted by Crippen LogP contribution is -2.38. The lowest BCUT2D eigenvalue weighted by molar-refractivity contribution is -0.0742. The van der Waals surface area contributed by atoms with Crippen LogP contribution in [0.3, 0.4) is 0 Å². The standard InChI is InChI=1S/C12H16N2O4/c1-6-4-14(11(17)13-10(6)16)12-3-8(12)7(2)9(5-15)18-12/h4,7-9,15H,3,5H2,1-2H3,(H,13,16,17)/t7-,8?,9+,12-/m0/s1. The summed E-state index contributed by atoms with van der Waals surface area (Å²) in [6.07, 6.45) is 2.08. The molecule has 18 heavy (non-hydrogen) atoms. The summed E-state index contributed by atoms with van der Waals surface area (Å²) in [7, 11) is 0. The predicted molar refractivity (Wildman–Crippen MR) is 63.3 cm³/mol. The summed E-state index contributed by atoms with van der Waals surface area (Å²) in [6.45, 7) is 3.63. The summed E-state index contributed by atoms with van der Waals surface area (Å²) < 4.78 is 7.31. The summed E-state index contributed by atoms with van der Waals surface area (Å²) in [4.78, 5) is 25.5. The van der Waals surface area contributed by atoms with Crippen molar-refractivity contribution in [3.05, 3.63) is 32.6 Å². The van der Waals surface area contributed by atoms with Gasteiger partial charge < -0.3 is 9.84 Å². The van der Waals surface area contributed by atoms with Crippen molar-refractivity contribution in [1.82, 2.24) is 9.55 Å². The highest BCUT2D eigenvalue weighted by Gasteiger charge is 2.67. The van der Waals surface area contributed by atoms with Crippen molar-refractivity contribution in [2.75, 3.05) is 6.61 Å². The van der Waals surface area contributed by atoms with Crippen LogP contribution in [0, 0.1) is 18.8 Å². The van der Waals surface area contributed by atoms with Crippen LogP contribution >= 0.6 is 0 Å². The molecule has 1 aromatic heterocycles. The Balaban J connectivity index is 2.06. The van der Waals surface area contributed by atoms with E-state index in [1.165, 1.54) is 4.57 Å². The average Bonchev–Trinajstić information content (AvgIpc) is 2.99. The molecule has 0 amide bonds. The van der Waals surface area contributed by atoms with Crippen LogP contribution in [0.5, 0.6) is 0 Å². The third-order valence-electron chi connectivity index (χ3n) is 4.22. The molecule has 3 rings (SSSR count). The van der Waals surface area contributed by atoms with Gasteiger partial charge in [0.15, 0.2) is 5.72 Å². The molecule has 0 aromatic carbocycles. The van der Waals surface area contributed by atoms with Crippen molar-refractivity contribution in [2.45, 2.75) is 32.1 Å². The number of hydrogen-bond donors (Lipinski definition) is 2. The number of nitrogens with one attached hydrogen (secondary N) is 1. The van der Waals surface area contributed by atoms with Gasteiger partial charge >= 0.3 is 5.69 Å². The third kappa shape index (κ3) is 1.36. The zero-order valence-electron chi connectivity index (χ0n) is 10.3. The predicted octanol–water partition coefficient (Wildman–Crippen LogP) is -0.455. The first-order valence-corrected chi connectivity index (χ1v) is 6.11. The maximum absolute atomic E-state index is 11.9. The molecule has 0 spiro atoms. The van der Waals surface area contributed by atoms with E-state index < -0.39 is 11.4 Å². The van der Waals surface area contributed by atoms with Crippen molar-refractivity contribution in [1.29, 1.82) is 0 Å². The number of rotatable bonds is 2. The molecule has 2 fully saturated rings. The number of hydrogen-bond acceptors (Lipinski definition) is 4. The normalized spacial score (nSPS) is 37.6. The Hall–Kier alpha value is -1.40. The van der Waals surface area contributed by atoms with E-state index in [2.05, 4.69) is 4.98 Å². The summed E-state index contributed by atoms with van der Waals surface area (Å²) in [5, 5.41) is 9.23. The minimum absolute atomic E-state index is 0.0451. The van der Waals surface area contributed by atoms with Gasteiger partial charge in [0, 0.05) is 24.1 Å². The maximum atomic E-state index is 11.9. The van der Waals surface area contributed by atoms with Gasteiger partial charge in [-0.3, -0.25) is 14.3 Å². The highest BCUT2D eigenvalue weighted by molar-refractivity contribution is 5.13. The molecule has 1 aromatic rings. The largest absolute Gasteiger partial charge is 0.394 e. The van der Waals surface area contributed by atoms with Gasteiger partial charge in [-0.25, -0.2) is 4.79 Å². The van der Waals surface area contributed by atoms with Crippen LogP contribution in [0.4, 0.5) is 0 Å². The van der Waals surface area contributed by atoms with Gasteiger partial charge in [-0.2, -0.15) is 0 Å². The molecule has 2 heterocycles. The highest BCUT2D eigenvalue weighted by Crippen LogP contribution is 2.61. The molecule has 1 saturated carbocycles. The molecular formula is C12H16N2O4. The summed E-state index contributed by atoms with van der Waals surface area (Å²) in [6, 6.07) is 0. The quantitative estimate of drug-likeness (QED) is 0.746. The monoisotopic (exact) mass is 252 g/mol. The number of aliphatic hydroxyl groups excluding tert-OH is 1. The van der Waals surface area contributed by atoms with E-state index in [0.717, 1.165) is 6.42 Å². The lowest BCUT2D eigenvalue weighted by atomic mass is 10.0. The van der Waals surface area contributed by atoms with Crippen molar-refractivity contribution >= 4 is 0 Å². The zero-order chi connectivity index (χ0) is 13.1. The zero-order valence-corrected chi connectivity index (χ0v) is 10.3. The summed E-state index contributed by atoms with van der Waals surface area (Å²) >= 11 is 0. The van der Waals surface area contributed by atoms with Crippen molar-refractivity contribution in [2.24, 2.45) is 11.8 Å². The fraction of sp³-hybridized carbons (Fsp3) is 0.667. The minimum Gasteiger partial charge on any atom is -0.394 e. The number of aromatic amines is 1. The smallest absolute Gasteiger partial charge is 0.330 e. The Morgan fingerprint density at radius 2 is 2.33 bits per heavy atom. The van der Waals surface area contributed by atoms with Gasteiger partial charge in [0.1, 0.15) is 0 Å². The second-order valence-electron chi connectivity index (χ2n) is 5.29. The molecule has 1 unspecified atom stereocenters. The molecule has 1 aliphatic carbocycles. The molecule has 6 heteroatoms. The van der Waals surface area contributed by atoms with Gasteiger partial charge in [0.2, 0.25) is 0 Å². The van der Waals surface area contributed by atoms with Crippen molar-refractivity contribution in [3.8, 4) is 0 Å². The molecule has 1 saturated heterocycles. The number of ether oxygens (including phenoxy) is 1. The van der Waals surface area contributed by atoms with E-state index in [4.69, 9.17) is 4.74 Å². The fourth-order valence-electron chi connectivity index (χ4n) is 3.00. The molecule has 0 bridgehead atoms. The van der Waals surface area contributed by atoms with Gasteiger partial charge in [-0.1, -0.05) is 6.92 Å². The van der Waals surface area contributed by atoms with E-state index in [0.29, 0.717) is 5.56 Å². The van der Waals surface area contributed by atoms with Crippen molar-refractivity contribution in [3.63, 3.8) is 0 Å². The molecule has 98 valence electrons. The number of nitrogens with zero attached hydrogens (tertiary/aromatic N) is 1. The Kier molecular flexibility index (Phi) is 2.30. The van der Waals surface area contributed by atoms with Gasteiger partial charge in [0.25, 0.3) is 5.56 Å². The first kappa shape index (κ1) is 11.7. The first-order chi connectivity index (χ1) is 8.49. The number of H-pyrrole nitrogens is 1. The van der Waals surface area contributed by atoms with E-state index in [9.17, 15) is 14.7 Å². The van der Waals surface area contributed by atoms with Crippen LogP contribution in [0.2, 0.25) is 0 Å². The molecule has 2 N–H and O–H groups in total. The van der Waals surface area contributed by atoms with Crippen LogP contribution in [-0.2, 0) is 10.5 Å². The topological polar surface area (TPSA) is 84.3 Å². The van der Waals surface area contributed by atoms with Crippen LogP contribution in [0.15, 0.2) is 15.8 Å². The molecule has 4 atom stereocenters. The van der Waals surface area contributed by atoms with Crippen LogP contribution in [0.1, 0.15) is 18.9 Å². The Labute approximate surface area is 103 Å². The maximum Gasteiger partial charge on any atom is 0.330 e. The number of aryl methyl sites for hydroxylation is 1. The molecule has 6 nitrogen and oxygen atoms in total. The van der Waals surface area contributed by atoms with Gasteiger partial charge in [-0.15, -0.1) is 0 Å². The van der Waals surface area contributed by atoms with E-state index in [1.807, 2.05) is 6.92 Å². The van der Waals surface area contributed by atoms with Crippen molar-refractivity contribution < 1.29 is 9.84 Å². The summed E-state index contributed by atoms with van der Waals surface area (Å²) in [5.74, 6) is 0.451. The third-order valence-corrected chi connectivity index (χ3v) is 4.22. The Morgan fingerprint density at radius 1 is 1.61 bits per heavy atom.